The lowest BCUT2D eigenvalue weighted by atomic mass is 10.1. The molecule has 1 aromatic carbocycles. The Morgan fingerprint density at radius 3 is 2.52 bits per heavy atom. The zero-order valence-corrected chi connectivity index (χ0v) is 13.5. The van der Waals surface area contributed by atoms with Gasteiger partial charge in [0.1, 0.15) is 11.8 Å². The van der Waals surface area contributed by atoms with E-state index in [1.807, 2.05) is 30.3 Å². The van der Waals surface area contributed by atoms with Crippen molar-refractivity contribution in [2.75, 3.05) is 12.1 Å². The number of hydrogen-bond donors (Lipinski definition) is 1. The predicted octanol–water partition coefficient (Wildman–Crippen LogP) is 1.36. The van der Waals surface area contributed by atoms with E-state index in [-0.39, 0.29) is 18.4 Å². The van der Waals surface area contributed by atoms with Crippen LogP contribution in [-0.4, -0.2) is 41.6 Å². The molecule has 2 unspecified atom stereocenters. The second-order valence-electron chi connectivity index (χ2n) is 6.34. The summed E-state index contributed by atoms with van der Waals surface area (Å²) in [6.07, 6.45) is 2.60. The third kappa shape index (κ3) is 3.06. The fourth-order valence-electron chi connectivity index (χ4n) is 2.96. The minimum atomic E-state index is -0.610. The number of rotatable bonds is 5. The zero-order chi connectivity index (χ0) is 16.6. The number of primary amides is 1. The van der Waals surface area contributed by atoms with Gasteiger partial charge in [-0.25, -0.2) is 0 Å². The van der Waals surface area contributed by atoms with Gasteiger partial charge in [-0.05, 0) is 37.8 Å². The fraction of sp³-hybridized carbons (Fsp3) is 0.471. The molecular weight excluding hydrogens is 292 g/mol. The summed E-state index contributed by atoms with van der Waals surface area (Å²) in [6.45, 7) is 2.06. The molecule has 1 heterocycles. The van der Waals surface area contributed by atoms with Crippen molar-refractivity contribution in [2.24, 2.45) is 16.8 Å². The van der Waals surface area contributed by atoms with E-state index in [1.54, 1.807) is 17.0 Å². The largest absolute Gasteiger partial charge is 0.368 e. The topological polar surface area (TPSA) is 79.0 Å². The molecule has 0 radical (unpaired) electrons. The van der Waals surface area contributed by atoms with Gasteiger partial charge in [-0.3, -0.25) is 14.6 Å². The van der Waals surface area contributed by atoms with Crippen LogP contribution in [0, 0.1) is 5.92 Å². The fourth-order valence-corrected chi connectivity index (χ4v) is 2.96. The number of carbonyl (C=O) groups excluding carboxylic acids is 2. The first-order chi connectivity index (χ1) is 11.0. The number of benzene rings is 1. The van der Waals surface area contributed by atoms with E-state index in [0.717, 1.165) is 5.69 Å². The number of hydrogen-bond acceptors (Lipinski definition) is 4. The Balaban J connectivity index is 1.82. The van der Waals surface area contributed by atoms with Crippen molar-refractivity contribution in [2.45, 2.75) is 38.3 Å². The Kier molecular flexibility index (Phi) is 4.07. The minimum absolute atomic E-state index is 0.117. The molecular formula is C17H22N4O2. The van der Waals surface area contributed by atoms with Crippen molar-refractivity contribution >= 4 is 23.2 Å². The molecule has 3 rings (SSSR count). The van der Waals surface area contributed by atoms with Crippen LogP contribution in [0.5, 0.6) is 0 Å². The number of nitrogens with two attached hydrogens (primary N) is 1. The van der Waals surface area contributed by atoms with Crippen molar-refractivity contribution in [1.29, 1.82) is 0 Å². The van der Waals surface area contributed by atoms with E-state index in [4.69, 9.17) is 5.73 Å². The summed E-state index contributed by atoms with van der Waals surface area (Å²) in [5, 5.41) is 5.96. The summed E-state index contributed by atoms with van der Waals surface area (Å²) < 4.78 is 0. The highest BCUT2D eigenvalue weighted by Crippen LogP contribution is 2.35. The lowest BCUT2D eigenvalue weighted by Gasteiger charge is -2.24. The van der Waals surface area contributed by atoms with Gasteiger partial charge in [0.2, 0.25) is 5.91 Å². The molecule has 1 saturated carbocycles. The third-order valence-electron chi connectivity index (χ3n) is 4.74. The Morgan fingerprint density at radius 1 is 1.30 bits per heavy atom. The molecule has 2 atom stereocenters. The van der Waals surface area contributed by atoms with Gasteiger partial charge < -0.3 is 10.6 Å². The highest BCUT2D eigenvalue weighted by atomic mass is 16.2. The summed E-state index contributed by atoms with van der Waals surface area (Å²) >= 11 is 0. The lowest BCUT2D eigenvalue weighted by molar-refractivity contribution is -0.125. The molecule has 2 amide bonds. The summed E-state index contributed by atoms with van der Waals surface area (Å²) in [5.41, 5.74) is 6.66. The lowest BCUT2D eigenvalue weighted by Crippen LogP contribution is -2.42. The van der Waals surface area contributed by atoms with Crippen LogP contribution >= 0.6 is 0 Å². The highest BCUT2D eigenvalue weighted by Gasteiger charge is 2.39. The van der Waals surface area contributed by atoms with Gasteiger partial charge in [-0.2, -0.15) is 5.10 Å². The van der Waals surface area contributed by atoms with Gasteiger partial charge >= 0.3 is 0 Å². The number of amides is 2. The average Bonchev–Trinajstić information content (AvgIpc) is 3.31. The average molecular weight is 314 g/mol. The maximum atomic E-state index is 12.7. The maximum absolute atomic E-state index is 12.7. The summed E-state index contributed by atoms with van der Waals surface area (Å²) in [5.74, 6) is -0.00417. The first-order valence-electron chi connectivity index (χ1n) is 7.97. The number of carbonyl (C=O) groups is 2. The highest BCUT2D eigenvalue weighted by molar-refractivity contribution is 6.40. The van der Waals surface area contributed by atoms with Crippen molar-refractivity contribution in [3.05, 3.63) is 30.3 Å². The summed E-state index contributed by atoms with van der Waals surface area (Å²) in [6, 6.07) is 8.91. The Morgan fingerprint density at radius 2 is 1.96 bits per heavy atom. The molecule has 0 aromatic heterocycles. The van der Waals surface area contributed by atoms with Gasteiger partial charge in [-0.15, -0.1) is 0 Å². The minimum Gasteiger partial charge on any atom is -0.368 e. The monoisotopic (exact) mass is 314 g/mol. The normalized spacial score (nSPS) is 21.7. The summed E-state index contributed by atoms with van der Waals surface area (Å²) in [7, 11) is 1.80. The Labute approximate surface area is 135 Å². The third-order valence-corrected chi connectivity index (χ3v) is 4.74. The molecule has 122 valence electrons. The second kappa shape index (κ2) is 6.02. The molecule has 1 aliphatic heterocycles. The smallest absolute Gasteiger partial charge is 0.270 e. The standard InChI is InChI=1S/C17H22N4O2/c1-11(12-8-9-12)20(2)17(23)14-10-15(16(18)22)21(19-14)13-6-4-3-5-7-13/h3-7,11-12,15H,8-10H2,1-2H3,(H2,18,22). The molecule has 1 aromatic rings. The van der Waals surface area contributed by atoms with Crippen LogP contribution < -0.4 is 10.7 Å². The van der Waals surface area contributed by atoms with Crippen molar-refractivity contribution in [1.82, 2.24) is 4.90 Å². The summed E-state index contributed by atoms with van der Waals surface area (Å²) in [4.78, 5) is 26.2. The van der Waals surface area contributed by atoms with E-state index >= 15 is 0 Å². The number of hydrazone groups is 1. The maximum Gasteiger partial charge on any atom is 0.270 e. The molecule has 0 spiro atoms. The van der Waals surface area contributed by atoms with E-state index in [1.165, 1.54) is 12.8 Å². The molecule has 0 bridgehead atoms. The quantitative estimate of drug-likeness (QED) is 0.891. The van der Waals surface area contributed by atoms with E-state index in [9.17, 15) is 9.59 Å². The molecule has 23 heavy (non-hydrogen) atoms. The first-order valence-corrected chi connectivity index (χ1v) is 7.97. The van der Waals surface area contributed by atoms with Crippen molar-refractivity contribution in [3.8, 4) is 0 Å². The van der Waals surface area contributed by atoms with Crippen molar-refractivity contribution in [3.63, 3.8) is 0 Å². The number of anilines is 1. The SMILES string of the molecule is CC(C1CC1)N(C)C(=O)C1=NN(c2ccccc2)C(C(N)=O)C1. The van der Waals surface area contributed by atoms with Crippen LogP contribution in [0.15, 0.2) is 35.4 Å². The zero-order valence-electron chi connectivity index (χ0n) is 13.5. The van der Waals surface area contributed by atoms with E-state index < -0.39 is 11.9 Å². The molecule has 6 heteroatoms. The molecule has 2 aliphatic rings. The van der Waals surface area contributed by atoms with E-state index in [2.05, 4.69) is 12.0 Å². The molecule has 0 saturated heterocycles. The first kappa shape index (κ1) is 15.5. The molecule has 1 aliphatic carbocycles. The van der Waals surface area contributed by atoms with Gasteiger partial charge in [0.25, 0.3) is 5.91 Å². The van der Waals surface area contributed by atoms with Crippen LogP contribution in [0.2, 0.25) is 0 Å². The molecule has 1 fully saturated rings. The van der Waals surface area contributed by atoms with Gasteiger partial charge in [0.15, 0.2) is 0 Å². The van der Waals surface area contributed by atoms with Crippen molar-refractivity contribution < 1.29 is 9.59 Å². The van der Waals surface area contributed by atoms with Gasteiger partial charge in [-0.1, -0.05) is 18.2 Å². The molecule has 2 N–H and O–H groups in total. The van der Waals surface area contributed by atoms with Gasteiger partial charge in [0, 0.05) is 19.5 Å². The number of para-hydroxylation sites is 1. The Bertz CT molecular complexity index is 639. The number of nitrogens with zero attached hydrogens (tertiary/aromatic N) is 3. The van der Waals surface area contributed by atoms with E-state index in [0.29, 0.717) is 11.6 Å². The van der Waals surface area contributed by atoms with Crippen LogP contribution in [0.25, 0.3) is 0 Å². The molecule has 6 nitrogen and oxygen atoms in total. The van der Waals surface area contributed by atoms with Crippen LogP contribution in [0.4, 0.5) is 5.69 Å². The van der Waals surface area contributed by atoms with Crippen LogP contribution in [-0.2, 0) is 9.59 Å². The van der Waals surface area contributed by atoms with Crippen LogP contribution in [0.3, 0.4) is 0 Å². The Hall–Kier alpha value is -2.37. The second-order valence-corrected chi connectivity index (χ2v) is 6.34. The predicted molar refractivity (Wildman–Crippen MR) is 88.9 cm³/mol. The van der Waals surface area contributed by atoms with Crippen LogP contribution in [0.1, 0.15) is 26.2 Å². The van der Waals surface area contributed by atoms with Gasteiger partial charge in [0.05, 0.1) is 5.69 Å².